The van der Waals surface area contributed by atoms with E-state index in [0.29, 0.717) is 18.9 Å². The molecule has 1 aromatic heterocycles. The van der Waals surface area contributed by atoms with E-state index in [1.165, 1.54) is 12.8 Å². The zero-order chi connectivity index (χ0) is 15.4. The molecule has 1 aromatic rings. The largest absolute Gasteiger partial charge is 0.465 e. The zero-order valence-corrected chi connectivity index (χ0v) is 13.4. The Morgan fingerprint density at radius 1 is 1.41 bits per heavy atom. The monoisotopic (exact) mass is 302 g/mol. The van der Waals surface area contributed by atoms with Gasteiger partial charge in [0.15, 0.2) is 0 Å². The molecule has 1 amide bonds. The highest BCUT2D eigenvalue weighted by atomic mass is 16.3. The van der Waals surface area contributed by atoms with Crippen LogP contribution in [0.25, 0.3) is 0 Å². The second-order valence-electron chi connectivity index (χ2n) is 6.48. The van der Waals surface area contributed by atoms with Crippen LogP contribution < -0.4 is 5.32 Å². The van der Waals surface area contributed by atoms with Crippen LogP contribution in [0.1, 0.15) is 49.7 Å². The first-order valence-corrected chi connectivity index (χ1v) is 8.46. The quantitative estimate of drug-likeness (QED) is 0.821. The Balaban J connectivity index is 1.57. The molecule has 22 heavy (non-hydrogen) atoms. The number of nitrogens with one attached hydrogen (secondary N) is 1. The zero-order valence-electron chi connectivity index (χ0n) is 13.4. The first kappa shape index (κ1) is 15.3. The standard InChI is InChI=1S/C18H26N2O2/c1-14-8-9-17(22-14)16(20-10-4-5-11-20)13-19-18(21)12-15-6-2-3-7-15/h2,6,8-9,15-16H,3-5,7,10-13H2,1H3,(H,19,21)/t15-,16-/m0/s1. The third-order valence-electron chi connectivity index (χ3n) is 4.72. The molecule has 0 spiro atoms. The molecule has 0 radical (unpaired) electrons. The number of rotatable bonds is 6. The van der Waals surface area contributed by atoms with E-state index in [4.69, 9.17) is 4.42 Å². The minimum absolute atomic E-state index is 0.157. The van der Waals surface area contributed by atoms with Crippen molar-refractivity contribution < 1.29 is 9.21 Å². The van der Waals surface area contributed by atoms with Crippen LogP contribution >= 0.6 is 0 Å². The Bertz CT molecular complexity index is 529. The van der Waals surface area contributed by atoms with E-state index in [1.54, 1.807) is 0 Å². The van der Waals surface area contributed by atoms with Gasteiger partial charge in [-0.15, -0.1) is 0 Å². The SMILES string of the molecule is Cc1ccc([C@H](CNC(=O)C[C@H]2C=CCC2)N2CCCC2)o1. The number of carbonyl (C=O) groups is 1. The van der Waals surface area contributed by atoms with Crippen LogP contribution in [0.15, 0.2) is 28.7 Å². The molecule has 1 aliphatic carbocycles. The molecule has 1 saturated heterocycles. The number of carbonyl (C=O) groups excluding carboxylic acids is 1. The lowest BCUT2D eigenvalue weighted by atomic mass is 10.0. The van der Waals surface area contributed by atoms with Crippen molar-refractivity contribution in [3.05, 3.63) is 35.8 Å². The van der Waals surface area contributed by atoms with Crippen LogP contribution in [0.3, 0.4) is 0 Å². The predicted octanol–water partition coefficient (Wildman–Crippen LogP) is 3.20. The minimum Gasteiger partial charge on any atom is -0.465 e. The first-order valence-electron chi connectivity index (χ1n) is 8.46. The van der Waals surface area contributed by atoms with Crippen LogP contribution in [0, 0.1) is 12.8 Å². The molecule has 4 heteroatoms. The van der Waals surface area contributed by atoms with Crippen LogP contribution in [0.2, 0.25) is 0 Å². The third kappa shape index (κ3) is 3.80. The Hall–Kier alpha value is -1.55. The number of hydrogen-bond acceptors (Lipinski definition) is 3. The highest BCUT2D eigenvalue weighted by Gasteiger charge is 2.26. The molecule has 0 aromatic carbocycles. The number of hydrogen-bond donors (Lipinski definition) is 1. The molecule has 2 atom stereocenters. The lowest BCUT2D eigenvalue weighted by Crippen LogP contribution is -2.37. The van der Waals surface area contributed by atoms with Gasteiger partial charge in [0.25, 0.3) is 0 Å². The normalized spacial score (nSPS) is 23.0. The molecule has 120 valence electrons. The Morgan fingerprint density at radius 2 is 2.23 bits per heavy atom. The van der Waals surface area contributed by atoms with E-state index >= 15 is 0 Å². The lowest BCUT2D eigenvalue weighted by Gasteiger charge is -2.26. The smallest absolute Gasteiger partial charge is 0.220 e. The van der Waals surface area contributed by atoms with Crippen LogP contribution in [0.4, 0.5) is 0 Å². The first-order chi connectivity index (χ1) is 10.7. The number of allylic oxidation sites excluding steroid dienone is 2. The summed E-state index contributed by atoms with van der Waals surface area (Å²) in [7, 11) is 0. The topological polar surface area (TPSA) is 45.5 Å². The van der Waals surface area contributed by atoms with Gasteiger partial charge in [-0.05, 0) is 63.7 Å². The number of likely N-dealkylation sites (tertiary alicyclic amines) is 1. The van der Waals surface area contributed by atoms with Gasteiger partial charge < -0.3 is 9.73 Å². The third-order valence-corrected chi connectivity index (χ3v) is 4.72. The van der Waals surface area contributed by atoms with Gasteiger partial charge in [-0.25, -0.2) is 0 Å². The molecule has 1 aliphatic heterocycles. The van der Waals surface area contributed by atoms with Gasteiger partial charge in [0.2, 0.25) is 5.91 Å². The van der Waals surface area contributed by atoms with Crippen LogP contribution in [0.5, 0.6) is 0 Å². The number of nitrogens with zero attached hydrogens (tertiary/aromatic N) is 1. The number of furan rings is 1. The lowest BCUT2D eigenvalue weighted by molar-refractivity contribution is -0.122. The fraction of sp³-hybridized carbons (Fsp3) is 0.611. The summed E-state index contributed by atoms with van der Waals surface area (Å²) in [5.41, 5.74) is 0. The maximum atomic E-state index is 12.2. The minimum atomic E-state index is 0.157. The fourth-order valence-electron chi connectivity index (χ4n) is 3.48. The van der Waals surface area contributed by atoms with Gasteiger partial charge in [0, 0.05) is 13.0 Å². The number of amides is 1. The van der Waals surface area contributed by atoms with Gasteiger partial charge in [-0.2, -0.15) is 0 Å². The summed E-state index contributed by atoms with van der Waals surface area (Å²) in [4.78, 5) is 14.6. The summed E-state index contributed by atoms with van der Waals surface area (Å²) in [5, 5.41) is 3.12. The average Bonchev–Trinajstić information content (AvgIpc) is 3.22. The van der Waals surface area contributed by atoms with Crippen molar-refractivity contribution in [1.29, 1.82) is 0 Å². The molecule has 0 bridgehead atoms. The molecule has 2 aliphatic rings. The molecule has 0 saturated carbocycles. The van der Waals surface area contributed by atoms with E-state index in [0.717, 1.165) is 37.5 Å². The van der Waals surface area contributed by atoms with Crippen molar-refractivity contribution in [1.82, 2.24) is 10.2 Å². The molecule has 3 rings (SSSR count). The summed E-state index contributed by atoms with van der Waals surface area (Å²) >= 11 is 0. The average molecular weight is 302 g/mol. The molecule has 2 heterocycles. The van der Waals surface area contributed by atoms with Crippen molar-refractivity contribution in [2.45, 2.75) is 45.1 Å². The van der Waals surface area contributed by atoms with Crippen LogP contribution in [-0.2, 0) is 4.79 Å². The van der Waals surface area contributed by atoms with Gasteiger partial charge in [-0.1, -0.05) is 12.2 Å². The van der Waals surface area contributed by atoms with Gasteiger partial charge >= 0.3 is 0 Å². The van der Waals surface area contributed by atoms with Crippen molar-refractivity contribution in [3.8, 4) is 0 Å². The second-order valence-corrected chi connectivity index (χ2v) is 6.48. The predicted molar refractivity (Wildman–Crippen MR) is 86.5 cm³/mol. The van der Waals surface area contributed by atoms with E-state index < -0.39 is 0 Å². The maximum absolute atomic E-state index is 12.2. The van der Waals surface area contributed by atoms with Crippen molar-refractivity contribution >= 4 is 5.91 Å². The molecule has 0 unspecified atom stereocenters. The molecule has 4 nitrogen and oxygen atoms in total. The fourth-order valence-corrected chi connectivity index (χ4v) is 3.48. The van der Waals surface area contributed by atoms with Gasteiger partial charge in [-0.3, -0.25) is 9.69 Å². The Kier molecular flexibility index (Phi) is 4.98. The Labute approximate surface area is 132 Å². The van der Waals surface area contributed by atoms with Crippen molar-refractivity contribution in [3.63, 3.8) is 0 Å². The summed E-state index contributed by atoms with van der Waals surface area (Å²) < 4.78 is 5.82. The van der Waals surface area contributed by atoms with E-state index in [9.17, 15) is 4.79 Å². The summed E-state index contributed by atoms with van der Waals surface area (Å²) in [6.45, 7) is 4.79. The molecule has 1 fully saturated rings. The highest BCUT2D eigenvalue weighted by Crippen LogP contribution is 2.26. The highest BCUT2D eigenvalue weighted by molar-refractivity contribution is 5.76. The number of aryl methyl sites for hydroxylation is 1. The Morgan fingerprint density at radius 3 is 2.86 bits per heavy atom. The summed E-state index contributed by atoms with van der Waals surface area (Å²) in [5.74, 6) is 2.49. The van der Waals surface area contributed by atoms with E-state index in [2.05, 4.69) is 22.4 Å². The molecular formula is C18H26N2O2. The summed E-state index contributed by atoms with van der Waals surface area (Å²) in [6, 6.07) is 4.22. The van der Waals surface area contributed by atoms with Gasteiger partial charge in [0.05, 0.1) is 6.04 Å². The van der Waals surface area contributed by atoms with E-state index in [1.807, 2.05) is 19.1 Å². The van der Waals surface area contributed by atoms with Gasteiger partial charge in [0.1, 0.15) is 11.5 Å². The van der Waals surface area contributed by atoms with Crippen molar-refractivity contribution in [2.75, 3.05) is 19.6 Å². The van der Waals surface area contributed by atoms with Crippen LogP contribution in [-0.4, -0.2) is 30.4 Å². The van der Waals surface area contributed by atoms with Crippen molar-refractivity contribution in [2.24, 2.45) is 5.92 Å². The molecule has 1 N–H and O–H groups in total. The molecular weight excluding hydrogens is 276 g/mol. The van der Waals surface area contributed by atoms with E-state index in [-0.39, 0.29) is 11.9 Å². The maximum Gasteiger partial charge on any atom is 0.220 e. The summed E-state index contributed by atoms with van der Waals surface area (Å²) in [6.07, 6.45) is 9.65. The second kappa shape index (κ2) is 7.14.